The maximum Gasteiger partial charge on any atom is 0.255 e. The highest BCUT2D eigenvalue weighted by Crippen LogP contribution is 2.26. The van der Waals surface area contributed by atoms with E-state index in [1.165, 1.54) is 0 Å². The van der Waals surface area contributed by atoms with E-state index in [9.17, 15) is 4.79 Å². The Kier molecular flexibility index (Phi) is 7.86. The van der Waals surface area contributed by atoms with Crippen molar-refractivity contribution in [2.45, 2.75) is 65.1 Å². The fraction of sp³-hybridized carbons (Fsp3) is 0.611. The number of hydrogen-bond donors (Lipinski definition) is 1. The SMILES string of the molecule is Cc1cc(C(=O)N2CCCCC2C(C)N)c2cnn(C(C)C)c2n1.Cl.Cl. The number of nitrogens with zero attached hydrogens (tertiary/aromatic N) is 4. The summed E-state index contributed by atoms with van der Waals surface area (Å²) in [7, 11) is 0. The number of hydrogen-bond acceptors (Lipinski definition) is 4. The van der Waals surface area contributed by atoms with Gasteiger partial charge in [0, 0.05) is 30.4 Å². The molecule has 0 aromatic carbocycles. The first kappa shape index (κ1) is 22.7. The van der Waals surface area contributed by atoms with Gasteiger partial charge < -0.3 is 10.6 Å². The molecule has 2 aromatic heterocycles. The van der Waals surface area contributed by atoms with E-state index in [1.807, 2.05) is 29.5 Å². The van der Waals surface area contributed by atoms with Gasteiger partial charge >= 0.3 is 0 Å². The van der Waals surface area contributed by atoms with E-state index in [0.717, 1.165) is 42.5 Å². The smallest absolute Gasteiger partial charge is 0.255 e. The molecule has 1 fully saturated rings. The monoisotopic (exact) mass is 401 g/mol. The number of aromatic nitrogens is 3. The maximum atomic E-state index is 13.3. The molecule has 3 rings (SSSR count). The maximum absolute atomic E-state index is 13.3. The van der Waals surface area contributed by atoms with E-state index >= 15 is 0 Å². The standard InChI is InChI=1S/C18H27N5O.2ClH/c1-11(2)23-17-15(10-20-23)14(9-12(3)21-17)18(24)22-8-6-5-7-16(22)13(4)19;;/h9-11,13,16H,5-8,19H2,1-4H3;2*1H. The van der Waals surface area contributed by atoms with Crippen LogP contribution < -0.4 is 5.73 Å². The van der Waals surface area contributed by atoms with Crippen molar-refractivity contribution in [3.05, 3.63) is 23.5 Å². The van der Waals surface area contributed by atoms with E-state index in [4.69, 9.17) is 5.73 Å². The molecule has 2 atom stereocenters. The van der Waals surface area contributed by atoms with Crippen LogP contribution in [0.2, 0.25) is 0 Å². The summed E-state index contributed by atoms with van der Waals surface area (Å²) in [6, 6.07) is 2.16. The number of fused-ring (bicyclic) bond motifs is 1. The van der Waals surface area contributed by atoms with Crippen LogP contribution in [0.5, 0.6) is 0 Å². The molecule has 2 aromatic rings. The van der Waals surface area contributed by atoms with Crippen molar-refractivity contribution in [1.82, 2.24) is 19.7 Å². The quantitative estimate of drug-likeness (QED) is 0.853. The van der Waals surface area contributed by atoms with Crippen molar-refractivity contribution >= 4 is 41.8 Å². The summed E-state index contributed by atoms with van der Waals surface area (Å²) in [6.07, 6.45) is 4.90. The van der Waals surface area contributed by atoms with Crippen molar-refractivity contribution in [3.8, 4) is 0 Å². The number of amides is 1. The van der Waals surface area contributed by atoms with Crippen LogP contribution in [-0.4, -0.2) is 44.2 Å². The molecule has 1 saturated heterocycles. The van der Waals surface area contributed by atoms with Gasteiger partial charge in [-0.1, -0.05) is 0 Å². The highest BCUT2D eigenvalue weighted by molar-refractivity contribution is 6.05. The van der Waals surface area contributed by atoms with Crippen LogP contribution in [0.25, 0.3) is 11.0 Å². The largest absolute Gasteiger partial charge is 0.334 e. The third-order valence-corrected chi connectivity index (χ3v) is 4.83. The Morgan fingerprint density at radius 2 is 1.96 bits per heavy atom. The first-order chi connectivity index (χ1) is 11.4. The van der Waals surface area contributed by atoms with Crippen LogP contribution in [0.15, 0.2) is 12.3 Å². The zero-order valence-electron chi connectivity index (χ0n) is 15.8. The van der Waals surface area contributed by atoms with Gasteiger partial charge in [0.1, 0.15) is 0 Å². The summed E-state index contributed by atoms with van der Waals surface area (Å²) in [5, 5.41) is 5.26. The van der Waals surface area contributed by atoms with Gasteiger partial charge in [-0.3, -0.25) is 4.79 Å². The molecule has 0 bridgehead atoms. The van der Waals surface area contributed by atoms with Crippen molar-refractivity contribution in [2.75, 3.05) is 6.54 Å². The minimum absolute atomic E-state index is 0. The number of likely N-dealkylation sites (tertiary alicyclic amines) is 1. The van der Waals surface area contributed by atoms with Gasteiger partial charge in [-0.05, 0) is 53.0 Å². The number of carbonyl (C=O) groups excluding carboxylic acids is 1. The Balaban J connectivity index is 0.00000169. The van der Waals surface area contributed by atoms with Gasteiger partial charge in [-0.15, -0.1) is 24.8 Å². The Morgan fingerprint density at radius 1 is 1.27 bits per heavy atom. The molecule has 3 heterocycles. The molecule has 8 heteroatoms. The summed E-state index contributed by atoms with van der Waals surface area (Å²) in [4.78, 5) is 19.8. The second-order valence-corrected chi connectivity index (χ2v) is 7.15. The normalized spacial score (nSPS) is 18.4. The first-order valence-electron chi connectivity index (χ1n) is 8.81. The lowest BCUT2D eigenvalue weighted by molar-refractivity contribution is 0.0585. The molecule has 0 saturated carbocycles. The average molecular weight is 402 g/mol. The number of aryl methyl sites for hydroxylation is 1. The Morgan fingerprint density at radius 3 is 2.58 bits per heavy atom. The highest BCUT2D eigenvalue weighted by Gasteiger charge is 2.31. The second kappa shape index (κ2) is 9.02. The van der Waals surface area contributed by atoms with E-state index < -0.39 is 0 Å². The lowest BCUT2D eigenvalue weighted by Gasteiger charge is -2.38. The van der Waals surface area contributed by atoms with Crippen LogP contribution in [-0.2, 0) is 0 Å². The van der Waals surface area contributed by atoms with Gasteiger partial charge in [0.25, 0.3) is 5.91 Å². The van der Waals surface area contributed by atoms with Crippen molar-refractivity contribution in [2.24, 2.45) is 5.73 Å². The fourth-order valence-corrected chi connectivity index (χ4v) is 3.61. The first-order valence-corrected chi connectivity index (χ1v) is 8.81. The molecule has 1 aliphatic heterocycles. The molecule has 6 nitrogen and oxygen atoms in total. The zero-order chi connectivity index (χ0) is 17.4. The van der Waals surface area contributed by atoms with Gasteiger partial charge in [-0.2, -0.15) is 5.10 Å². The molecule has 0 spiro atoms. The fourth-order valence-electron chi connectivity index (χ4n) is 3.61. The summed E-state index contributed by atoms with van der Waals surface area (Å²) < 4.78 is 1.87. The van der Waals surface area contributed by atoms with Gasteiger partial charge in [0.2, 0.25) is 0 Å². The molecule has 1 amide bonds. The van der Waals surface area contributed by atoms with Crippen molar-refractivity contribution in [3.63, 3.8) is 0 Å². The third kappa shape index (κ3) is 4.13. The summed E-state index contributed by atoms with van der Waals surface area (Å²) in [5.41, 5.74) is 8.44. The van der Waals surface area contributed by atoms with Gasteiger partial charge in [0.15, 0.2) is 5.65 Å². The minimum atomic E-state index is -0.0222. The van der Waals surface area contributed by atoms with Crippen LogP contribution in [0.1, 0.15) is 62.1 Å². The molecule has 1 aliphatic rings. The predicted molar refractivity (Wildman–Crippen MR) is 109 cm³/mol. The zero-order valence-corrected chi connectivity index (χ0v) is 17.4. The molecule has 0 radical (unpaired) electrons. The molecular weight excluding hydrogens is 373 g/mol. The van der Waals surface area contributed by atoms with Crippen LogP contribution >= 0.6 is 24.8 Å². The molecular formula is C18H29Cl2N5O. The van der Waals surface area contributed by atoms with Gasteiger partial charge in [-0.25, -0.2) is 9.67 Å². The third-order valence-electron chi connectivity index (χ3n) is 4.83. The van der Waals surface area contributed by atoms with Crippen molar-refractivity contribution < 1.29 is 4.79 Å². The van der Waals surface area contributed by atoms with Crippen LogP contribution in [0.4, 0.5) is 0 Å². The molecule has 146 valence electrons. The molecule has 26 heavy (non-hydrogen) atoms. The molecule has 2 N–H and O–H groups in total. The topological polar surface area (TPSA) is 77.0 Å². The number of nitrogens with two attached hydrogens (primary N) is 1. The van der Waals surface area contributed by atoms with Crippen LogP contribution in [0.3, 0.4) is 0 Å². The lowest BCUT2D eigenvalue weighted by Crippen LogP contribution is -2.51. The average Bonchev–Trinajstić information content (AvgIpc) is 2.97. The Bertz CT molecular complexity index is 759. The van der Waals surface area contributed by atoms with Crippen LogP contribution in [0, 0.1) is 6.92 Å². The van der Waals surface area contributed by atoms with E-state index in [2.05, 4.69) is 23.9 Å². The van der Waals surface area contributed by atoms with Crippen molar-refractivity contribution in [1.29, 1.82) is 0 Å². The second-order valence-electron chi connectivity index (χ2n) is 7.15. The number of rotatable bonds is 3. The molecule has 0 aliphatic carbocycles. The summed E-state index contributed by atoms with van der Waals surface area (Å²) >= 11 is 0. The number of halogens is 2. The Labute approximate surface area is 167 Å². The number of carbonyl (C=O) groups is 1. The minimum Gasteiger partial charge on any atom is -0.334 e. The highest BCUT2D eigenvalue weighted by atomic mass is 35.5. The lowest BCUT2D eigenvalue weighted by atomic mass is 9.95. The van der Waals surface area contributed by atoms with E-state index in [0.29, 0.717) is 5.56 Å². The number of piperidine rings is 1. The van der Waals surface area contributed by atoms with E-state index in [-0.39, 0.29) is 48.8 Å². The molecule has 2 unspecified atom stereocenters. The predicted octanol–water partition coefficient (Wildman–Crippen LogP) is 3.51. The van der Waals surface area contributed by atoms with Gasteiger partial charge in [0.05, 0.1) is 17.1 Å². The summed E-state index contributed by atoms with van der Waals surface area (Å²) in [6.45, 7) is 8.81. The summed E-state index contributed by atoms with van der Waals surface area (Å²) in [5.74, 6) is 0.0517. The Hall–Kier alpha value is -1.37. The number of pyridine rings is 1. The van der Waals surface area contributed by atoms with E-state index in [1.54, 1.807) is 6.20 Å².